The lowest BCUT2D eigenvalue weighted by molar-refractivity contribution is -0.137. The zero-order valence-electron chi connectivity index (χ0n) is 17.9. The normalized spacial score (nSPS) is 11.7. The predicted molar refractivity (Wildman–Crippen MR) is 126 cm³/mol. The van der Waals surface area contributed by atoms with Crippen molar-refractivity contribution < 1.29 is 26.4 Å². The Hall–Kier alpha value is -3.24. The van der Waals surface area contributed by atoms with Gasteiger partial charge in [0, 0.05) is 17.3 Å². The summed E-state index contributed by atoms with van der Waals surface area (Å²) in [6, 6.07) is 15.7. The number of para-hydroxylation sites is 1. The van der Waals surface area contributed by atoms with E-state index >= 15 is 0 Å². The molecule has 0 fully saturated rings. The summed E-state index contributed by atoms with van der Waals surface area (Å²) in [5, 5.41) is 5.49. The number of nitrogens with zero attached hydrogens (tertiary/aromatic N) is 1. The smallest absolute Gasteiger partial charge is 0.336 e. The number of alkyl halides is 3. The van der Waals surface area contributed by atoms with E-state index in [9.17, 15) is 26.4 Å². The van der Waals surface area contributed by atoms with Gasteiger partial charge in [-0.05, 0) is 61.0 Å². The van der Waals surface area contributed by atoms with E-state index in [-0.39, 0.29) is 23.7 Å². The molecule has 3 aromatic rings. The molecule has 0 bridgehead atoms. The van der Waals surface area contributed by atoms with Gasteiger partial charge >= 0.3 is 12.2 Å². The molecule has 0 aliphatic carbocycles. The third-order valence-electron chi connectivity index (χ3n) is 4.86. The van der Waals surface area contributed by atoms with Crippen LogP contribution in [0.2, 0.25) is 5.02 Å². The summed E-state index contributed by atoms with van der Waals surface area (Å²) in [5.41, 5.74) is 0.217. The summed E-state index contributed by atoms with van der Waals surface area (Å²) in [6.45, 7) is 1.33. The Morgan fingerprint density at radius 1 is 1.00 bits per heavy atom. The largest absolute Gasteiger partial charge is 0.416 e. The van der Waals surface area contributed by atoms with Gasteiger partial charge in [0.25, 0.3) is 10.0 Å². The first-order chi connectivity index (χ1) is 16.0. The molecule has 0 aliphatic rings. The molecule has 0 aromatic heterocycles. The van der Waals surface area contributed by atoms with Crippen molar-refractivity contribution in [1.29, 1.82) is 0 Å². The van der Waals surface area contributed by atoms with E-state index in [1.54, 1.807) is 12.1 Å². The van der Waals surface area contributed by atoms with E-state index in [1.165, 1.54) is 30.3 Å². The van der Waals surface area contributed by atoms with Gasteiger partial charge < -0.3 is 10.6 Å². The molecule has 3 aromatic carbocycles. The van der Waals surface area contributed by atoms with E-state index in [0.717, 1.165) is 28.1 Å². The van der Waals surface area contributed by atoms with Gasteiger partial charge in [-0.25, -0.2) is 13.2 Å². The van der Waals surface area contributed by atoms with E-state index in [1.807, 2.05) is 19.1 Å². The molecule has 2 N–H and O–H groups in total. The molecule has 11 heteroatoms. The molecule has 0 atom stereocenters. The van der Waals surface area contributed by atoms with Crippen molar-refractivity contribution in [1.82, 2.24) is 5.32 Å². The van der Waals surface area contributed by atoms with Crippen molar-refractivity contribution in [2.45, 2.75) is 18.0 Å². The highest BCUT2D eigenvalue weighted by molar-refractivity contribution is 7.92. The summed E-state index contributed by atoms with van der Waals surface area (Å²) in [4.78, 5) is 12.1. The fourth-order valence-corrected chi connectivity index (χ4v) is 4.69. The molecule has 0 heterocycles. The van der Waals surface area contributed by atoms with E-state index < -0.39 is 27.8 Å². The van der Waals surface area contributed by atoms with Crippen LogP contribution in [0.3, 0.4) is 0 Å². The average molecular weight is 512 g/mol. The Bertz CT molecular complexity index is 1270. The summed E-state index contributed by atoms with van der Waals surface area (Å²) in [7, 11) is -4.26. The first-order valence-electron chi connectivity index (χ1n) is 10.0. The zero-order chi connectivity index (χ0) is 24.9. The maximum atomic E-state index is 13.3. The first-order valence-corrected chi connectivity index (χ1v) is 11.9. The number of nitrogens with one attached hydrogen (secondary N) is 2. The Labute approximate surface area is 200 Å². The van der Waals surface area contributed by atoms with Crippen molar-refractivity contribution >= 4 is 39.0 Å². The van der Waals surface area contributed by atoms with Crippen LogP contribution in [0.1, 0.15) is 11.1 Å². The summed E-state index contributed by atoms with van der Waals surface area (Å²) >= 11 is 5.84. The van der Waals surface area contributed by atoms with E-state index in [4.69, 9.17) is 11.6 Å². The lowest BCUT2D eigenvalue weighted by Gasteiger charge is -2.25. The summed E-state index contributed by atoms with van der Waals surface area (Å²) < 4.78 is 67.1. The molecule has 180 valence electrons. The van der Waals surface area contributed by atoms with E-state index in [0.29, 0.717) is 10.7 Å². The number of aryl methyl sites for hydroxylation is 1. The van der Waals surface area contributed by atoms with Crippen molar-refractivity contribution in [2.75, 3.05) is 22.7 Å². The Morgan fingerprint density at radius 2 is 1.68 bits per heavy atom. The second-order valence-corrected chi connectivity index (χ2v) is 9.57. The number of hydrogen-bond acceptors (Lipinski definition) is 3. The highest BCUT2D eigenvalue weighted by atomic mass is 35.5. The van der Waals surface area contributed by atoms with Crippen LogP contribution in [0.4, 0.5) is 29.3 Å². The minimum Gasteiger partial charge on any atom is -0.336 e. The zero-order valence-corrected chi connectivity index (χ0v) is 19.5. The standard InChI is InChI=1S/C23H21ClF3N3O3S/c1-16-5-2-3-8-21(16)29-22(31)28-13-14-30(19-7-4-6-17(15-19)23(25,26)27)34(32,33)20-11-9-18(24)10-12-20/h2-12,15H,13-14H2,1H3,(H2,28,29,31). The number of halogens is 4. The number of urea groups is 1. The number of sulfonamides is 1. The van der Waals surface area contributed by atoms with Crippen LogP contribution in [0.25, 0.3) is 0 Å². The third kappa shape index (κ3) is 6.21. The van der Waals surface area contributed by atoms with Crippen LogP contribution in [0.5, 0.6) is 0 Å². The molecule has 3 rings (SSSR count). The fraction of sp³-hybridized carbons (Fsp3) is 0.174. The lowest BCUT2D eigenvalue weighted by atomic mass is 10.2. The average Bonchev–Trinajstić information content (AvgIpc) is 2.78. The Balaban J connectivity index is 1.84. The molecular weight excluding hydrogens is 491 g/mol. The van der Waals surface area contributed by atoms with Gasteiger partial charge in [0.2, 0.25) is 0 Å². The van der Waals surface area contributed by atoms with Crippen LogP contribution in [-0.2, 0) is 16.2 Å². The third-order valence-corrected chi connectivity index (χ3v) is 6.95. The van der Waals surface area contributed by atoms with Crippen molar-refractivity contribution in [3.63, 3.8) is 0 Å². The van der Waals surface area contributed by atoms with Gasteiger partial charge in [0.1, 0.15) is 0 Å². The van der Waals surface area contributed by atoms with Crippen LogP contribution in [0, 0.1) is 6.92 Å². The number of benzene rings is 3. The molecule has 34 heavy (non-hydrogen) atoms. The van der Waals surface area contributed by atoms with Gasteiger partial charge in [-0.1, -0.05) is 35.9 Å². The first kappa shape index (κ1) is 25.4. The van der Waals surface area contributed by atoms with E-state index in [2.05, 4.69) is 10.6 Å². The topological polar surface area (TPSA) is 78.5 Å². The minimum atomic E-state index is -4.66. The predicted octanol–water partition coefficient (Wildman–Crippen LogP) is 5.68. The monoisotopic (exact) mass is 511 g/mol. The van der Waals surface area contributed by atoms with Gasteiger partial charge in [-0.2, -0.15) is 13.2 Å². The van der Waals surface area contributed by atoms with Crippen molar-refractivity contribution in [3.05, 3.63) is 88.9 Å². The van der Waals surface area contributed by atoms with Crippen LogP contribution in [-0.4, -0.2) is 27.5 Å². The molecule has 0 aliphatic heterocycles. The second kappa shape index (κ2) is 10.4. The summed E-state index contributed by atoms with van der Waals surface area (Å²) in [6.07, 6.45) is -4.66. The molecule has 0 spiro atoms. The number of amides is 2. The molecule has 0 saturated carbocycles. The molecule has 0 unspecified atom stereocenters. The van der Waals surface area contributed by atoms with Gasteiger partial charge in [-0.15, -0.1) is 0 Å². The SMILES string of the molecule is Cc1ccccc1NC(=O)NCCN(c1cccc(C(F)(F)F)c1)S(=O)(=O)c1ccc(Cl)cc1. The quantitative estimate of drug-likeness (QED) is 0.428. The van der Waals surface area contributed by atoms with Gasteiger partial charge in [-0.3, -0.25) is 4.31 Å². The second-order valence-electron chi connectivity index (χ2n) is 7.28. The highest BCUT2D eigenvalue weighted by Gasteiger charge is 2.32. The minimum absolute atomic E-state index is 0.154. The maximum Gasteiger partial charge on any atom is 0.416 e. The molecule has 2 amide bonds. The van der Waals surface area contributed by atoms with Crippen molar-refractivity contribution in [3.8, 4) is 0 Å². The Morgan fingerprint density at radius 3 is 2.32 bits per heavy atom. The number of carbonyl (C=O) groups is 1. The van der Waals surface area contributed by atoms with Crippen LogP contribution < -0.4 is 14.9 Å². The Kier molecular flexibility index (Phi) is 7.73. The molecule has 0 saturated heterocycles. The molecule has 6 nitrogen and oxygen atoms in total. The van der Waals surface area contributed by atoms with Crippen molar-refractivity contribution in [2.24, 2.45) is 0 Å². The number of anilines is 2. The van der Waals surface area contributed by atoms with Crippen LogP contribution in [0.15, 0.2) is 77.7 Å². The molecule has 0 radical (unpaired) electrons. The fourth-order valence-electron chi connectivity index (χ4n) is 3.11. The van der Waals surface area contributed by atoms with Gasteiger partial charge in [0.05, 0.1) is 22.7 Å². The lowest BCUT2D eigenvalue weighted by Crippen LogP contribution is -2.40. The highest BCUT2D eigenvalue weighted by Crippen LogP contribution is 2.33. The number of carbonyl (C=O) groups excluding carboxylic acids is 1. The van der Waals surface area contributed by atoms with Crippen LogP contribution >= 0.6 is 11.6 Å². The maximum absolute atomic E-state index is 13.3. The molecular formula is C23H21ClF3N3O3S. The van der Waals surface area contributed by atoms with Gasteiger partial charge in [0.15, 0.2) is 0 Å². The number of hydrogen-bond donors (Lipinski definition) is 2. The number of rotatable bonds is 7. The summed E-state index contributed by atoms with van der Waals surface area (Å²) in [5.74, 6) is 0.